The van der Waals surface area contributed by atoms with Gasteiger partial charge in [-0.25, -0.2) is 0 Å². The molecule has 1 aliphatic carbocycles. The van der Waals surface area contributed by atoms with Crippen molar-refractivity contribution in [3.63, 3.8) is 0 Å². The van der Waals surface area contributed by atoms with Crippen molar-refractivity contribution in [3.8, 4) is 0 Å². The van der Waals surface area contributed by atoms with Crippen LogP contribution in [-0.2, 0) is 7.05 Å². The van der Waals surface area contributed by atoms with E-state index in [0.29, 0.717) is 18.0 Å². The molecule has 5 heteroatoms. The highest BCUT2D eigenvalue weighted by Crippen LogP contribution is 2.37. The molecule has 1 saturated carbocycles. The maximum absolute atomic E-state index is 5.96. The van der Waals surface area contributed by atoms with Gasteiger partial charge >= 0.3 is 0 Å². The molecule has 1 N–H and O–H groups in total. The summed E-state index contributed by atoms with van der Waals surface area (Å²) in [4.78, 5) is 2.25. The first kappa shape index (κ1) is 16.5. The number of benzene rings is 1. The molecule has 0 bridgehead atoms. The summed E-state index contributed by atoms with van der Waals surface area (Å²) < 4.78 is 1.87. The fraction of sp³-hybridized carbons (Fsp3) is 0.500. The normalized spacial score (nSPS) is 22.1. The third kappa shape index (κ3) is 3.94. The van der Waals surface area contributed by atoms with Crippen molar-refractivity contribution >= 4 is 11.6 Å². The molecule has 1 aliphatic rings. The molecule has 2 aromatic rings. The maximum Gasteiger partial charge on any atom is 0.0538 e. The lowest BCUT2D eigenvalue weighted by Gasteiger charge is -2.38. The molecule has 124 valence electrons. The number of hydrogen-bond acceptors (Lipinski definition) is 3. The highest BCUT2D eigenvalue weighted by atomic mass is 35.5. The molecular weight excluding hydrogens is 308 g/mol. The van der Waals surface area contributed by atoms with E-state index in [1.807, 2.05) is 30.1 Å². The minimum Gasteiger partial charge on any atom is -0.312 e. The minimum absolute atomic E-state index is 0.360. The molecule has 0 saturated heterocycles. The van der Waals surface area contributed by atoms with Crippen LogP contribution in [0.1, 0.15) is 35.9 Å². The Kier molecular flexibility index (Phi) is 5.05. The average molecular weight is 333 g/mol. The van der Waals surface area contributed by atoms with Crippen LogP contribution < -0.4 is 5.32 Å². The Balaban J connectivity index is 1.50. The standard InChI is InChI=1S/C18H25ClN4/c1-22(2)18(15-10-21-23(3)12-15)11-20-17-8-14(9-17)13-4-6-16(19)7-5-13/h4-7,10,12,14,17-18,20H,8-9,11H2,1-3H3/t14?,17?,18-/m1/s1. The molecule has 0 radical (unpaired) electrons. The van der Waals surface area contributed by atoms with E-state index >= 15 is 0 Å². The summed E-state index contributed by atoms with van der Waals surface area (Å²) in [6.07, 6.45) is 6.47. The lowest BCUT2D eigenvalue weighted by Crippen LogP contribution is -2.43. The number of likely N-dealkylation sites (N-methyl/N-ethyl adjacent to an activating group) is 1. The monoisotopic (exact) mass is 332 g/mol. The van der Waals surface area contributed by atoms with Crippen LogP contribution in [0, 0.1) is 0 Å². The number of nitrogens with zero attached hydrogens (tertiary/aromatic N) is 3. The minimum atomic E-state index is 0.360. The Bertz CT molecular complexity index is 629. The van der Waals surface area contributed by atoms with Crippen LogP contribution in [0.2, 0.25) is 5.02 Å². The Hall–Kier alpha value is -1.36. The number of rotatable bonds is 6. The number of hydrogen-bond donors (Lipinski definition) is 1. The van der Waals surface area contributed by atoms with Gasteiger partial charge in [-0.05, 0) is 50.6 Å². The van der Waals surface area contributed by atoms with Crippen molar-refractivity contribution in [1.82, 2.24) is 20.0 Å². The van der Waals surface area contributed by atoms with E-state index in [9.17, 15) is 0 Å². The Labute approximate surface area is 143 Å². The summed E-state index contributed by atoms with van der Waals surface area (Å²) in [7, 11) is 6.21. The summed E-state index contributed by atoms with van der Waals surface area (Å²) in [5.74, 6) is 0.668. The van der Waals surface area contributed by atoms with Gasteiger partial charge in [-0.2, -0.15) is 5.10 Å². The smallest absolute Gasteiger partial charge is 0.0538 e. The molecule has 1 atom stereocenters. The van der Waals surface area contributed by atoms with Gasteiger partial charge in [0.25, 0.3) is 0 Å². The molecule has 1 aromatic carbocycles. The molecule has 0 spiro atoms. The number of halogens is 1. The fourth-order valence-electron chi connectivity index (χ4n) is 3.28. The van der Waals surface area contributed by atoms with Crippen LogP contribution in [0.3, 0.4) is 0 Å². The first-order valence-corrected chi connectivity index (χ1v) is 8.54. The van der Waals surface area contributed by atoms with Crippen molar-refractivity contribution in [2.75, 3.05) is 20.6 Å². The van der Waals surface area contributed by atoms with Gasteiger partial charge < -0.3 is 10.2 Å². The van der Waals surface area contributed by atoms with E-state index in [1.54, 1.807) is 0 Å². The SMILES string of the molecule is CN(C)[C@H](CNC1CC(c2ccc(Cl)cc2)C1)c1cnn(C)c1. The van der Waals surface area contributed by atoms with Crippen LogP contribution in [0.5, 0.6) is 0 Å². The third-order valence-corrected chi connectivity index (χ3v) is 5.06. The highest BCUT2D eigenvalue weighted by Gasteiger charge is 2.30. The van der Waals surface area contributed by atoms with Crippen molar-refractivity contribution in [2.24, 2.45) is 7.05 Å². The summed E-state index contributed by atoms with van der Waals surface area (Å²) in [5, 5.41) is 8.82. The number of aromatic nitrogens is 2. The summed E-state index contributed by atoms with van der Waals surface area (Å²) in [6, 6.07) is 9.25. The zero-order chi connectivity index (χ0) is 16.4. The predicted molar refractivity (Wildman–Crippen MR) is 94.9 cm³/mol. The van der Waals surface area contributed by atoms with E-state index in [-0.39, 0.29) is 0 Å². The fourth-order valence-corrected chi connectivity index (χ4v) is 3.41. The van der Waals surface area contributed by atoms with E-state index in [2.05, 4.69) is 47.7 Å². The Morgan fingerprint density at radius 3 is 2.57 bits per heavy atom. The predicted octanol–water partition coefficient (Wildman–Crippen LogP) is 3.21. The second-order valence-corrected chi connectivity index (χ2v) is 7.19. The molecule has 0 aliphatic heterocycles. The Morgan fingerprint density at radius 1 is 1.30 bits per heavy atom. The number of nitrogens with one attached hydrogen (secondary N) is 1. The molecule has 1 fully saturated rings. The van der Waals surface area contributed by atoms with Crippen LogP contribution >= 0.6 is 11.6 Å². The molecule has 23 heavy (non-hydrogen) atoms. The van der Waals surface area contributed by atoms with Gasteiger partial charge in [-0.3, -0.25) is 4.68 Å². The lowest BCUT2D eigenvalue weighted by atomic mass is 9.76. The van der Waals surface area contributed by atoms with E-state index < -0.39 is 0 Å². The van der Waals surface area contributed by atoms with Crippen LogP contribution in [0.15, 0.2) is 36.7 Å². The highest BCUT2D eigenvalue weighted by molar-refractivity contribution is 6.30. The summed E-state index contributed by atoms with van der Waals surface area (Å²) in [5.41, 5.74) is 2.67. The second kappa shape index (κ2) is 7.04. The van der Waals surface area contributed by atoms with Gasteiger partial charge in [-0.15, -0.1) is 0 Å². The van der Waals surface area contributed by atoms with Crippen LogP contribution in [0.4, 0.5) is 0 Å². The van der Waals surface area contributed by atoms with Crippen molar-refractivity contribution in [2.45, 2.75) is 30.8 Å². The third-order valence-electron chi connectivity index (χ3n) is 4.81. The molecule has 0 amide bonds. The van der Waals surface area contributed by atoms with Gasteiger partial charge in [0.2, 0.25) is 0 Å². The van der Waals surface area contributed by atoms with Crippen molar-refractivity contribution in [1.29, 1.82) is 0 Å². The van der Waals surface area contributed by atoms with Gasteiger partial charge in [0.15, 0.2) is 0 Å². The molecule has 0 unspecified atom stereocenters. The van der Waals surface area contributed by atoms with Gasteiger partial charge in [0.05, 0.1) is 6.20 Å². The first-order chi connectivity index (χ1) is 11.0. The maximum atomic E-state index is 5.96. The van der Waals surface area contributed by atoms with Gasteiger partial charge in [0.1, 0.15) is 0 Å². The molecule has 4 nitrogen and oxygen atoms in total. The van der Waals surface area contributed by atoms with Gasteiger partial charge in [0, 0.05) is 42.5 Å². The molecular formula is C18H25ClN4. The zero-order valence-corrected chi connectivity index (χ0v) is 14.8. The lowest BCUT2D eigenvalue weighted by molar-refractivity contribution is 0.237. The quantitative estimate of drug-likeness (QED) is 0.881. The zero-order valence-electron chi connectivity index (χ0n) is 14.0. The van der Waals surface area contributed by atoms with E-state index in [1.165, 1.54) is 24.0 Å². The molecule has 1 aromatic heterocycles. The van der Waals surface area contributed by atoms with Crippen molar-refractivity contribution in [3.05, 3.63) is 52.8 Å². The average Bonchev–Trinajstić information content (AvgIpc) is 2.88. The second-order valence-electron chi connectivity index (χ2n) is 6.75. The van der Waals surface area contributed by atoms with E-state index in [4.69, 9.17) is 11.6 Å². The summed E-state index contributed by atoms with van der Waals surface area (Å²) in [6.45, 7) is 0.955. The molecule has 3 rings (SSSR count). The first-order valence-electron chi connectivity index (χ1n) is 8.16. The Morgan fingerprint density at radius 2 is 2.00 bits per heavy atom. The van der Waals surface area contributed by atoms with Crippen molar-refractivity contribution < 1.29 is 0 Å². The summed E-state index contributed by atoms with van der Waals surface area (Å²) >= 11 is 5.96. The largest absolute Gasteiger partial charge is 0.312 e. The topological polar surface area (TPSA) is 33.1 Å². The van der Waals surface area contributed by atoms with Gasteiger partial charge in [-0.1, -0.05) is 23.7 Å². The molecule has 1 heterocycles. The van der Waals surface area contributed by atoms with Crippen LogP contribution in [-0.4, -0.2) is 41.4 Å². The van der Waals surface area contributed by atoms with Crippen LogP contribution in [0.25, 0.3) is 0 Å². The van der Waals surface area contributed by atoms with E-state index in [0.717, 1.165) is 11.6 Å². The number of aryl methyl sites for hydroxylation is 1.